The Labute approximate surface area is 156 Å². The number of rotatable bonds is 4. The minimum atomic E-state index is -0.304. The first kappa shape index (κ1) is 17.2. The van der Waals surface area contributed by atoms with Crippen molar-refractivity contribution in [3.63, 3.8) is 0 Å². The van der Waals surface area contributed by atoms with Gasteiger partial charge in [0.2, 0.25) is 0 Å². The highest BCUT2D eigenvalue weighted by atomic mass is 16.5. The quantitative estimate of drug-likeness (QED) is 0.711. The fourth-order valence-corrected chi connectivity index (χ4v) is 3.16. The molecule has 27 heavy (non-hydrogen) atoms. The molecule has 3 heterocycles. The molecule has 3 aromatic rings. The maximum Gasteiger partial charge on any atom is 0.260 e. The Morgan fingerprint density at radius 1 is 1.22 bits per heavy atom. The Morgan fingerprint density at radius 2 is 2.04 bits per heavy atom. The third-order valence-electron chi connectivity index (χ3n) is 4.52. The molecule has 2 aromatic heterocycles. The number of ether oxygens (including phenoxy) is 1. The fourth-order valence-electron chi connectivity index (χ4n) is 3.16. The molecule has 9 heteroatoms. The Balaban J connectivity index is 1.54. The molecule has 2 N–H and O–H groups in total. The minimum Gasteiger partial charge on any atom is -0.496 e. The van der Waals surface area contributed by atoms with E-state index in [1.54, 1.807) is 22.9 Å². The summed E-state index contributed by atoms with van der Waals surface area (Å²) in [6.07, 6.45) is 1.85. The highest BCUT2D eigenvalue weighted by Gasteiger charge is 2.17. The summed E-state index contributed by atoms with van der Waals surface area (Å²) in [5.41, 5.74) is 1.19. The number of methoxy groups -OCH3 is 1. The topological polar surface area (TPSA) is 97.2 Å². The van der Waals surface area contributed by atoms with E-state index in [4.69, 9.17) is 4.74 Å². The predicted octanol–water partition coefficient (Wildman–Crippen LogP) is 1.03. The van der Waals surface area contributed by atoms with E-state index in [1.807, 2.05) is 19.3 Å². The molecule has 1 aliphatic rings. The van der Waals surface area contributed by atoms with Crippen molar-refractivity contribution in [2.45, 2.75) is 0 Å². The van der Waals surface area contributed by atoms with E-state index in [1.165, 1.54) is 7.11 Å². The lowest BCUT2D eigenvalue weighted by atomic mass is 10.1. The Hall–Kier alpha value is -3.20. The van der Waals surface area contributed by atoms with Gasteiger partial charge in [-0.1, -0.05) is 0 Å². The number of hydrogen-bond acceptors (Lipinski definition) is 7. The average molecular weight is 367 g/mol. The number of amides is 1. The number of piperazine rings is 1. The summed E-state index contributed by atoms with van der Waals surface area (Å²) in [5, 5.41) is 19.7. The number of aromatic nitrogens is 4. The van der Waals surface area contributed by atoms with Gasteiger partial charge in [0.1, 0.15) is 5.75 Å². The summed E-state index contributed by atoms with van der Waals surface area (Å²) in [4.78, 5) is 14.9. The van der Waals surface area contributed by atoms with Crippen LogP contribution in [0.1, 0.15) is 10.4 Å². The van der Waals surface area contributed by atoms with Crippen LogP contribution in [0.4, 0.5) is 11.6 Å². The lowest BCUT2D eigenvalue weighted by Gasteiger charge is -2.27. The van der Waals surface area contributed by atoms with Crippen LogP contribution in [-0.2, 0) is 7.05 Å². The summed E-state index contributed by atoms with van der Waals surface area (Å²) in [6, 6.07) is 7.15. The van der Waals surface area contributed by atoms with E-state index in [0.717, 1.165) is 42.9 Å². The highest BCUT2D eigenvalue weighted by molar-refractivity contribution is 6.08. The van der Waals surface area contributed by atoms with E-state index in [0.29, 0.717) is 17.1 Å². The van der Waals surface area contributed by atoms with E-state index in [9.17, 15) is 4.79 Å². The lowest BCUT2D eigenvalue weighted by Crippen LogP contribution is -2.43. The molecule has 0 aliphatic carbocycles. The largest absolute Gasteiger partial charge is 0.496 e. The van der Waals surface area contributed by atoms with Crippen LogP contribution in [0.3, 0.4) is 0 Å². The second-order valence-electron chi connectivity index (χ2n) is 6.38. The van der Waals surface area contributed by atoms with Gasteiger partial charge >= 0.3 is 0 Å². The van der Waals surface area contributed by atoms with E-state index in [-0.39, 0.29) is 5.91 Å². The maximum atomic E-state index is 12.7. The van der Waals surface area contributed by atoms with Crippen molar-refractivity contribution >= 4 is 28.4 Å². The zero-order valence-electron chi connectivity index (χ0n) is 15.3. The Morgan fingerprint density at radius 3 is 2.74 bits per heavy atom. The van der Waals surface area contributed by atoms with Crippen molar-refractivity contribution in [3.8, 4) is 5.75 Å². The molecule has 0 unspecified atom stereocenters. The van der Waals surface area contributed by atoms with Crippen LogP contribution in [0.15, 0.2) is 30.5 Å². The molecule has 9 nitrogen and oxygen atoms in total. The van der Waals surface area contributed by atoms with E-state index >= 15 is 0 Å². The van der Waals surface area contributed by atoms with Crippen molar-refractivity contribution in [1.29, 1.82) is 0 Å². The third-order valence-corrected chi connectivity index (χ3v) is 4.52. The summed E-state index contributed by atoms with van der Waals surface area (Å²) < 4.78 is 7.06. The molecule has 0 bridgehead atoms. The van der Waals surface area contributed by atoms with Crippen LogP contribution in [0.2, 0.25) is 0 Å². The van der Waals surface area contributed by atoms with Gasteiger partial charge in [0.25, 0.3) is 5.91 Å². The zero-order valence-corrected chi connectivity index (χ0v) is 15.3. The van der Waals surface area contributed by atoms with Gasteiger partial charge in [-0.05, 0) is 18.2 Å². The number of carbonyl (C=O) groups is 1. The van der Waals surface area contributed by atoms with Crippen molar-refractivity contribution in [2.24, 2.45) is 7.05 Å². The fraction of sp³-hybridized carbons (Fsp3) is 0.333. The van der Waals surface area contributed by atoms with Gasteiger partial charge in [0.05, 0.1) is 18.2 Å². The first-order valence-corrected chi connectivity index (χ1v) is 8.76. The number of anilines is 2. The molecule has 1 aromatic carbocycles. The van der Waals surface area contributed by atoms with Gasteiger partial charge in [-0.3, -0.25) is 9.48 Å². The number of nitrogens with zero attached hydrogens (tertiary/aromatic N) is 5. The summed E-state index contributed by atoms with van der Waals surface area (Å²) in [7, 11) is 3.37. The molecule has 1 amide bonds. The molecule has 1 fully saturated rings. The van der Waals surface area contributed by atoms with Gasteiger partial charge in [-0.2, -0.15) is 5.10 Å². The first-order chi connectivity index (χ1) is 13.1. The molecular formula is C18H21N7O2. The lowest BCUT2D eigenvalue weighted by molar-refractivity contribution is 0.102. The highest BCUT2D eigenvalue weighted by Crippen LogP contribution is 2.26. The van der Waals surface area contributed by atoms with Gasteiger partial charge in [0, 0.05) is 50.9 Å². The van der Waals surface area contributed by atoms with Crippen LogP contribution in [0.5, 0.6) is 5.75 Å². The molecule has 0 radical (unpaired) electrons. The molecule has 0 spiro atoms. The number of carbonyl (C=O) groups excluding carboxylic acids is 1. The maximum absolute atomic E-state index is 12.7. The van der Waals surface area contributed by atoms with Gasteiger partial charge in [-0.15, -0.1) is 10.2 Å². The molecule has 0 saturated carbocycles. The van der Waals surface area contributed by atoms with Crippen LogP contribution in [-0.4, -0.2) is 59.2 Å². The van der Waals surface area contributed by atoms with Crippen molar-refractivity contribution < 1.29 is 9.53 Å². The number of benzene rings is 1. The van der Waals surface area contributed by atoms with E-state index in [2.05, 4.69) is 30.8 Å². The van der Waals surface area contributed by atoms with Gasteiger partial charge in [0.15, 0.2) is 11.6 Å². The minimum absolute atomic E-state index is 0.304. The third kappa shape index (κ3) is 3.54. The molecule has 4 rings (SSSR count). The standard InChI is InChI=1S/C18H21N7O2/c1-24-11-12-9-13(15(27-2)10-14(12)23-24)18(26)20-16-3-4-17(22-21-16)25-7-5-19-6-8-25/h3-4,9-11,19H,5-8H2,1-2H3,(H,20,21,26). The number of aryl methyl sites for hydroxylation is 1. The monoisotopic (exact) mass is 367 g/mol. The van der Waals surface area contributed by atoms with Crippen molar-refractivity contribution in [1.82, 2.24) is 25.3 Å². The van der Waals surface area contributed by atoms with Crippen molar-refractivity contribution in [2.75, 3.05) is 43.5 Å². The van der Waals surface area contributed by atoms with Crippen LogP contribution >= 0.6 is 0 Å². The smallest absolute Gasteiger partial charge is 0.260 e. The summed E-state index contributed by atoms with van der Waals surface area (Å²) in [5.74, 6) is 1.36. The first-order valence-electron chi connectivity index (χ1n) is 8.76. The van der Waals surface area contributed by atoms with Gasteiger partial charge in [-0.25, -0.2) is 0 Å². The van der Waals surface area contributed by atoms with Crippen LogP contribution in [0, 0.1) is 0 Å². The summed E-state index contributed by atoms with van der Waals surface area (Å²) in [6.45, 7) is 3.64. The van der Waals surface area contributed by atoms with Crippen molar-refractivity contribution in [3.05, 3.63) is 36.0 Å². The Bertz CT molecular complexity index is 962. The molecule has 0 atom stereocenters. The SMILES string of the molecule is COc1cc2nn(C)cc2cc1C(=O)Nc1ccc(N2CCNCC2)nn1. The molecule has 1 saturated heterocycles. The Kier molecular flexibility index (Phi) is 4.59. The normalized spacial score (nSPS) is 14.4. The number of hydrogen-bond donors (Lipinski definition) is 2. The van der Waals surface area contributed by atoms with Crippen LogP contribution in [0.25, 0.3) is 10.9 Å². The van der Waals surface area contributed by atoms with Gasteiger partial charge < -0.3 is 20.3 Å². The summed E-state index contributed by atoms with van der Waals surface area (Å²) >= 11 is 0. The number of fused-ring (bicyclic) bond motifs is 1. The van der Waals surface area contributed by atoms with Crippen LogP contribution < -0.4 is 20.3 Å². The van der Waals surface area contributed by atoms with E-state index < -0.39 is 0 Å². The zero-order chi connectivity index (χ0) is 18.8. The number of nitrogens with one attached hydrogen (secondary N) is 2. The average Bonchev–Trinajstić information content (AvgIpc) is 3.07. The predicted molar refractivity (Wildman–Crippen MR) is 102 cm³/mol. The second-order valence-corrected chi connectivity index (χ2v) is 6.38. The second kappa shape index (κ2) is 7.20. The molecular weight excluding hydrogens is 346 g/mol. The molecule has 140 valence electrons. The molecule has 1 aliphatic heterocycles.